The normalized spacial score (nSPS) is 19.2. The number of nitrogens with one attached hydrogen (secondary N) is 1. The van der Waals surface area contributed by atoms with E-state index in [2.05, 4.69) is 22.0 Å². The minimum Gasteiger partial charge on any atom is -0.326 e. The SMILES string of the molecule is CCC(c1nc2[nH]ncc2c(=O)n1Cc1ccccc1)N1CCC(N)C1. The number of nitrogens with two attached hydrogens (primary N) is 1. The predicted molar refractivity (Wildman–Crippen MR) is 101 cm³/mol. The van der Waals surface area contributed by atoms with Crippen LogP contribution in [0.2, 0.25) is 0 Å². The molecule has 0 bridgehead atoms. The van der Waals surface area contributed by atoms with Crippen LogP contribution in [0.1, 0.15) is 37.2 Å². The molecule has 7 heteroatoms. The van der Waals surface area contributed by atoms with E-state index >= 15 is 0 Å². The molecule has 0 spiro atoms. The molecule has 3 heterocycles. The second-order valence-corrected chi connectivity index (χ2v) is 6.95. The lowest BCUT2D eigenvalue weighted by Gasteiger charge is -2.28. The third kappa shape index (κ3) is 3.04. The van der Waals surface area contributed by atoms with Crippen molar-refractivity contribution in [3.63, 3.8) is 0 Å². The summed E-state index contributed by atoms with van der Waals surface area (Å²) in [4.78, 5) is 20.3. The van der Waals surface area contributed by atoms with Gasteiger partial charge in [0.25, 0.3) is 5.56 Å². The molecule has 0 saturated carbocycles. The van der Waals surface area contributed by atoms with Gasteiger partial charge in [0, 0.05) is 19.1 Å². The zero-order valence-electron chi connectivity index (χ0n) is 14.9. The molecule has 7 nitrogen and oxygen atoms in total. The van der Waals surface area contributed by atoms with E-state index in [0.29, 0.717) is 17.6 Å². The highest BCUT2D eigenvalue weighted by Crippen LogP contribution is 2.27. The molecule has 3 aromatic rings. The van der Waals surface area contributed by atoms with Crippen LogP contribution in [0.25, 0.3) is 11.0 Å². The molecule has 3 N–H and O–H groups in total. The van der Waals surface area contributed by atoms with Gasteiger partial charge in [0.05, 0.1) is 18.8 Å². The van der Waals surface area contributed by atoms with E-state index in [4.69, 9.17) is 10.7 Å². The Bertz CT molecular complexity index is 948. The topological polar surface area (TPSA) is 92.8 Å². The zero-order chi connectivity index (χ0) is 18.1. The van der Waals surface area contributed by atoms with Crippen LogP contribution < -0.4 is 11.3 Å². The van der Waals surface area contributed by atoms with Crippen molar-refractivity contribution in [2.75, 3.05) is 13.1 Å². The van der Waals surface area contributed by atoms with Crippen molar-refractivity contribution in [1.29, 1.82) is 0 Å². The number of hydrogen-bond acceptors (Lipinski definition) is 5. The van der Waals surface area contributed by atoms with Crippen LogP contribution in [0, 0.1) is 0 Å². The maximum absolute atomic E-state index is 13.1. The maximum Gasteiger partial charge on any atom is 0.265 e. The Morgan fingerprint density at radius 1 is 1.35 bits per heavy atom. The van der Waals surface area contributed by atoms with Gasteiger partial charge in [-0.05, 0) is 18.4 Å². The first-order chi connectivity index (χ1) is 12.7. The van der Waals surface area contributed by atoms with Crippen molar-refractivity contribution < 1.29 is 0 Å². The number of benzene rings is 1. The first-order valence-electron chi connectivity index (χ1n) is 9.14. The molecule has 1 saturated heterocycles. The second kappa shape index (κ2) is 7.01. The fourth-order valence-electron chi connectivity index (χ4n) is 3.82. The minimum absolute atomic E-state index is 0.0513. The van der Waals surface area contributed by atoms with Gasteiger partial charge in [-0.2, -0.15) is 5.10 Å². The van der Waals surface area contributed by atoms with Crippen molar-refractivity contribution in [3.8, 4) is 0 Å². The summed E-state index contributed by atoms with van der Waals surface area (Å²) in [5, 5.41) is 7.39. The molecule has 0 amide bonds. The van der Waals surface area contributed by atoms with Crippen molar-refractivity contribution in [2.24, 2.45) is 5.73 Å². The molecule has 4 rings (SSSR count). The highest BCUT2D eigenvalue weighted by molar-refractivity contribution is 5.72. The number of fused-ring (bicyclic) bond motifs is 1. The van der Waals surface area contributed by atoms with Gasteiger partial charge in [-0.15, -0.1) is 0 Å². The Morgan fingerprint density at radius 2 is 2.15 bits per heavy atom. The van der Waals surface area contributed by atoms with E-state index < -0.39 is 0 Å². The van der Waals surface area contributed by atoms with Crippen molar-refractivity contribution >= 4 is 11.0 Å². The molecule has 1 fully saturated rings. The predicted octanol–water partition coefficient (Wildman–Crippen LogP) is 1.65. The van der Waals surface area contributed by atoms with Gasteiger partial charge in [-0.3, -0.25) is 19.4 Å². The molecule has 136 valence electrons. The number of likely N-dealkylation sites (tertiary alicyclic amines) is 1. The van der Waals surface area contributed by atoms with Gasteiger partial charge in [0.15, 0.2) is 5.65 Å². The Balaban J connectivity index is 1.83. The molecule has 1 aliphatic rings. The van der Waals surface area contributed by atoms with Crippen LogP contribution in [-0.4, -0.2) is 43.8 Å². The standard InChI is InChI=1S/C19H24N6O/c1-2-16(24-9-8-14(20)12-24)18-22-17-15(10-21-23-17)19(26)25(18)11-13-6-4-3-5-7-13/h3-7,10,14,16H,2,8-9,11-12,20H2,1H3,(H,21,23). The summed E-state index contributed by atoms with van der Waals surface area (Å²) in [6.07, 6.45) is 3.40. The summed E-state index contributed by atoms with van der Waals surface area (Å²) in [5.41, 5.74) is 7.69. The smallest absolute Gasteiger partial charge is 0.265 e. The van der Waals surface area contributed by atoms with Crippen molar-refractivity contribution in [3.05, 3.63) is 58.3 Å². The first-order valence-corrected chi connectivity index (χ1v) is 9.14. The summed E-state index contributed by atoms with van der Waals surface area (Å²) in [7, 11) is 0. The number of aromatic amines is 1. The Hall–Kier alpha value is -2.51. The van der Waals surface area contributed by atoms with Crippen LogP contribution in [0.4, 0.5) is 0 Å². The summed E-state index contributed by atoms with van der Waals surface area (Å²) in [5.74, 6) is 0.784. The quantitative estimate of drug-likeness (QED) is 0.728. The monoisotopic (exact) mass is 352 g/mol. The first kappa shape index (κ1) is 16.9. The van der Waals surface area contributed by atoms with E-state index in [1.165, 1.54) is 0 Å². The Labute approximate surface area is 151 Å². The van der Waals surface area contributed by atoms with E-state index in [1.54, 1.807) is 10.8 Å². The minimum atomic E-state index is -0.0513. The molecule has 26 heavy (non-hydrogen) atoms. The molecule has 1 aliphatic heterocycles. The number of nitrogens with zero attached hydrogens (tertiary/aromatic N) is 4. The highest BCUT2D eigenvalue weighted by Gasteiger charge is 2.30. The summed E-state index contributed by atoms with van der Waals surface area (Å²) in [6, 6.07) is 10.3. The maximum atomic E-state index is 13.1. The number of hydrogen-bond donors (Lipinski definition) is 2. The zero-order valence-corrected chi connectivity index (χ0v) is 14.9. The van der Waals surface area contributed by atoms with Gasteiger partial charge in [0.1, 0.15) is 11.2 Å². The van der Waals surface area contributed by atoms with Gasteiger partial charge < -0.3 is 5.73 Å². The lowest BCUT2D eigenvalue weighted by atomic mass is 10.1. The van der Waals surface area contributed by atoms with E-state index in [-0.39, 0.29) is 17.6 Å². The van der Waals surface area contributed by atoms with Gasteiger partial charge >= 0.3 is 0 Å². The van der Waals surface area contributed by atoms with Crippen molar-refractivity contribution in [1.82, 2.24) is 24.6 Å². The van der Waals surface area contributed by atoms with E-state index in [0.717, 1.165) is 37.3 Å². The second-order valence-electron chi connectivity index (χ2n) is 6.95. The molecular weight excluding hydrogens is 328 g/mol. The lowest BCUT2D eigenvalue weighted by molar-refractivity contribution is 0.221. The van der Waals surface area contributed by atoms with Gasteiger partial charge in [0.2, 0.25) is 0 Å². The summed E-state index contributed by atoms with van der Waals surface area (Å²) >= 11 is 0. The Morgan fingerprint density at radius 3 is 2.85 bits per heavy atom. The largest absolute Gasteiger partial charge is 0.326 e. The van der Waals surface area contributed by atoms with Crippen LogP contribution in [0.5, 0.6) is 0 Å². The molecule has 2 aromatic heterocycles. The summed E-state index contributed by atoms with van der Waals surface area (Å²) < 4.78 is 1.80. The van der Waals surface area contributed by atoms with Crippen LogP contribution in [-0.2, 0) is 6.54 Å². The third-order valence-corrected chi connectivity index (χ3v) is 5.16. The fourth-order valence-corrected chi connectivity index (χ4v) is 3.82. The lowest BCUT2D eigenvalue weighted by Crippen LogP contribution is -2.35. The van der Waals surface area contributed by atoms with Gasteiger partial charge in [-0.1, -0.05) is 37.3 Å². The molecule has 2 unspecified atom stereocenters. The van der Waals surface area contributed by atoms with Crippen LogP contribution in [0.15, 0.2) is 41.3 Å². The number of rotatable bonds is 5. The number of aromatic nitrogens is 4. The van der Waals surface area contributed by atoms with Crippen LogP contribution in [0.3, 0.4) is 0 Å². The average molecular weight is 352 g/mol. The molecule has 1 aromatic carbocycles. The van der Waals surface area contributed by atoms with E-state index in [9.17, 15) is 4.79 Å². The van der Waals surface area contributed by atoms with E-state index in [1.807, 2.05) is 30.3 Å². The third-order valence-electron chi connectivity index (χ3n) is 5.16. The average Bonchev–Trinajstić information content (AvgIpc) is 3.29. The highest BCUT2D eigenvalue weighted by atomic mass is 16.1. The molecule has 0 radical (unpaired) electrons. The Kier molecular flexibility index (Phi) is 4.57. The summed E-state index contributed by atoms with van der Waals surface area (Å²) in [6.45, 7) is 4.40. The van der Waals surface area contributed by atoms with Gasteiger partial charge in [-0.25, -0.2) is 4.98 Å². The fraction of sp³-hybridized carbons (Fsp3) is 0.421. The molecule has 0 aliphatic carbocycles. The molecule has 2 atom stereocenters. The van der Waals surface area contributed by atoms with Crippen molar-refractivity contribution in [2.45, 2.75) is 38.4 Å². The molecular formula is C19H24N6O. The number of H-pyrrole nitrogens is 1. The van der Waals surface area contributed by atoms with Crippen LogP contribution >= 0.6 is 0 Å².